The summed E-state index contributed by atoms with van der Waals surface area (Å²) in [5.41, 5.74) is -3.93. The van der Waals surface area contributed by atoms with Crippen molar-refractivity contribution >= 4 is 17.4 Å². The fourth-order valence-electron chi connectivity index (χ4n) is 0.920. The SMILES string of the molecule is CNc1ccc(SC(F)(F)F)cc1O. The van der Waals surface area contributed by atoms with Gasteiger partial charge < -0.3 is 10.4 Å². The molecule has 0 aliphatic rings. The van der Waals surface area contributed by atoms with E-state index in [2.05, 4.69) is 5.32 Å². The number of halogens is 3. The Bertz CT molecular complexity index is 327. The molecule has 0 radical (unpaired) electrons. The molecule has 0 fully saturated rings. The Kier molecular flexibility index (Phi) is 3.15. The smallest absolute Gasteiger partial charge is 0.446 e. The first-order valence-corrected chi connectivity index (χ1v) is 4.50. The van der Waals surface area contributed by atoms with E-state index < -0.39 is 5.51 Å². The Labute approximate surface area is 83.1 Å². The van der Waals surface area contributed by atoms with Crippen molar-refractivity contribution in [2.24, 2.45) is 0 Å². The number of nitrogens with one attached hydrogen (secondary N) is 1. The maximum absolute atomic E-state index is 11.9. The lowest BCUT2D eigenvalue weighted by molar-refractivity contribution is -0.0328. The number of thioether (sulfide) groups is 1. The lowest BCUT2D eigenvalue weighted by atomic mass is 10.3. The molecule has 0 atom stereocenters. The average Bonchev–Trinajstić information content (AvgIpc) is 2.01. The van der Waals surface area contributed by atoms with Gasteiger partial charge >= 0.3 is 5.51 Å². The van der Waals surface area contributed by atoms with Crippen LogP contribution in [-0.2, 0) is 0 Å². The summed E-state index contributed by atoms with van der Waals surface area (Å²) >= 11 is -0.254. The third-order valence-electron chi connectivity index (χ3n) is 1.47. The Hall–Kier alpha value is -1.04. The zero-order valence-electron chi connectivity index (χ0n) is 7.22. The van der Waals surface area contributed by atoms with Crippen LogP contribution in [0.5, 0.6) is 5.75 Å². The lowest BCUT2D eigenvalue weighted by Crippen LogP contribution is -1.99. The largest absolute Gasteiger partial charge is 0.506 e. The molecule has 0 spiro atoms. The third-order valence-corrected chi connectivity index (χ3v) is 2.19. The highest BCUT2D eigenvalue weighted by Gasteiger charge is 2.29. The molecule has 0 aromatic heterocycles. The topological polar surface area (TPSA) is 32.3 Å². The average molecular weight is 223 g/mol. The highest BCUT2D eigenvalue weighted by atomic mass is 32.2. The number of phenolic OH excluding ortho intramolecular Hbond substituents is 1. The van der Waals surface area contributed by atoms with Crippen LogP contribution >= 0.6 is 11.8 Å². The molecular weight excluding hydrogens is 215 g/mol. The summed E-state index contributed by atoms with van der Waals surface area (Å²) in [5, 5.41) is 11.9. The highest BCUT2D eigenvalue weighted by Crippen LogP contribution is 2.39. The molecule has 2 nitrogen and oxygen atoms in total. The van der Waals surface area contributed by atoms with Crippen molar-refractivity contribution in [3.63, 3.8) is 0 Å². The molecule has 0 saturated carbocycles. The molecule has 0 amide bonds. The molecule has 0 heterocycles. The molecule has 0 bridgehead atoms. The monoisotopic (exact) mass is 223 g/mol. The fourth-order valence-corrected chi connectivity index (χ4v) is 1.49. The van der Waals surface area contributed by atoms with E-state index in [1.54, 1.807) is 7.05 Å². The van der Waals surface area contributed by atoms with Gasteiger partial charge in [0.1, 0.15) is 5.75 Å². The predicted octanol–water partition coefficient (Wildman–Crippen LogP) is 3.05. The van der Waals surface area contributed by atoms with E-state index in [4.69, 9.17) is 0 Å². The van der Waals surface area contributed by atoms with Gasteiger partial charge in [0.2, 0.25) is 0 Å². The maximum Gasteiger partial charge on any atom is 0.446 e. The molecule has 0 unspecified atom stereocenters. The standard InChI is InChI=1S/C8H8F3NOS/c1-12-6-3-2-5(4-7(6)13)14-8(9,10)11/h2-4,12-13H,1H3. The van der Waals surface area contributed by atoms with Crippen molar-refractivity contribution < 1.29 is 18.3 Å². The van der Waals surface area contributed by atoms with Crippen LogP contribution in [0.1, 0.15) is 0 Å². The second-order valence-electron chi connectivity index (χ2n) is 2.48. The molecule has 78 valence electrons. The van der Waals surface area contributed by atoms with Gasteiger partial charge in [-0.1, -0.05) is 0 Å². The van der Waals surface area contributed by atoms with Crippen LogP contribution in [0, 0.1) is 0 Å². The Balaban J connectivity index is 2.87. The Morgan fingerprint density at radius 1 is 1.36 bits per heavy atom. The van der Waals surface area contributed by atoms with Crippen LogP contribution in [-0.4, -0.2) is 17.7 Å². The van der Waals surface area contributed by atoms with E-state index in [1.807, 2.05) is 0 Å². The zero-order valence-corrected chi connectivity index (χ0v) is 8.04. The van der Waals surface area contributed by atoms with E-state index >= 15 is 0 Å². The first kappa shape index (κ1) is 11.0. The number of hydrogen-bond acceptors (Lipinski definition) is 3. The Morgan fingerprint density at radius 2 is 2.00 bits per heavy atom. The van der Waals surface area contributed by atoms with Gasteiger partial charge in [-0.15, -0.1) is 0 Å². The molecule has 1 aromatic carbocycles. The molecule has 2 N–H and O–H groups in total. The summed E-state index contributed by atoms with van der Waals surface area (Å²) in [5.74, 6) is -0.193. The zero-order chi connectivity index (χ0) is 10.8. The summed E-state index contributed by atoms with van der Waals surface area (Å²) in [4.78, 5) is -0.0333. The van der Waals surface area contributed by atoms with Crippen molar-refractivity contribution in [2.45, 2.75) is 10.4 Å². The lowest BCUT2D eigenvalue weighted by Gasteiger charge is -2.08. The van der Waals surface area contributed by atoms with Crippen LogP contribution < -0.4 is 5.32 Å². The van der Waals surface area contributed by atoms with Crippen LogP contribution in [0.15, 0.2) is 23.1 Å². The normalized spacial score (nSPS) is 11.4. The number of phenols is 1. The minimum absolute atomic E-state index is 0.0333. The van der Waals surface area contributed by atoms with Crippen LogP contribution in [0.4, 0.5) is 18.9 Å². The van der Waals surface area contributed by atoms with Gasteiger partial charge in [0.25, 0.3) is 0 Å². The van der Waals surface area contributed by atoms with Crippen LogP contribution in [0.3, 0.4) is 0 Å². The van der Waals surface area contributed by atoms with Gasteiger partial charge in [-0.3, -0.25) is 0 Å². The number of hydrogen-bond donors (Lipinski definition) is 2. The van der Waals surface area contributed by atoms with Gasteiger partial charge in [0.15, 0.2) is 0 Å². The molecule has 1 rings (SSSR count). The van der Waals surface area contributed by atoms with Gasteiger partial charge in [-0.2, -0.15) is 13.2 Å². The van der Waals surface area contributed by atoms with Crippen LogP contribution in [0.25, 0.3) is 0 Å². The highest BCUT2D eigenvalue weighted by molar-refractivity contribution is 8.00. The van der Waals surface area contributed by atoms with Crippen molar-refractivity contribution in [3.05, 3.63) is 18.2 Å². The van der Waals surface area contributed by atoms with E-state index in [0.717, 1.165) is 6.07 Å². The van der Waals surface area contributed by atoms with Crippen molar-refractivity contribution in [1.82, 2.24) is 0 Å². The minimum atomic E-state index is -4.33. The van der Waals surface area contributed by atoms with Crippen molar-refractivity contribution in [1.29, 1.82) is 0 Å². The molecular formula is C8H8F3NOS. The molecule has 14 heavy (non-hydrogen) atoms. The minimum Gasteiger partial charge on any atom is -0.506 e. The first-order valence-electron chi connectivity index (χ1n) is 3.69. The van der Waals surface area contributed by atoms with Gasteiger partial charge in [0.05, 0.1) is 5.69 Å². The van der Waals surface area contributed by atoms with Crippen molar-refractivity contribution in [3.8, 4) is 5.75 Å². The number of benzene rings is 1. The van der Waals surface area contributed by atoms with E-state index in [0.29, 0.717) is 5.69 Å². The third kappa shape index (κ3) is 3.02. The van der Waals surface area contributed by atoms with E-state index in [9.17, 15) is 18.3 Å². The fraction of sp³-hybridized carbons (Fsp3) is 0.250. The summed E-state index contributed by atoms with van der Waals surface area (Å²) in [6, 6.07) is 3.76. The van der Waals surface area contributed by atoms with E-state index in [1.165, 1.54) is 12.1 Å². The summed E-state index contributed by atoms with van der Waals surface area (Å²) < 4.78 is 35.8. The quantitative estimate of drug-likeness (QED) is 0.597. The molecule has 1 aromatic rings. The predicted molar refractivity (Wildman–Crippen MR) is 49.6 cm³/mol. The Morgan fingerprint density at radius 3 is 2.43 bits per heavy atom. The second-order valence-corrected chi connectivity index (χ2v) is 3.62. The van der Waals surface area contributed by atoms with Crippen LogP contribution in [0.2, 0.25) is 0 Å². The van der Waals surface area contributed by atoms with Gasteiger partial charge in [0, 0.05) is 11.9 Å². The summed E-state index contributed by atoms with van der Waals surface area (Å²) in [6.45, 7) is 0. The molecule has 0 aliphatic carbocycles. The second kappa shape index (κ2) is 4.00. The van der Waals surface area contributed by atoms with Gasteiger partial charge in [-0.25, -0.2) is 0 Å². The molecule has 0 saturated heterocycles. The maximum atomic E-state index is 11.9. The van der Waals surface area contributed by atoms with Crippen molar-refractivity contribution in [2.75, 3.05) is 12.4 Å². The summed E-state index contributed by atoms with van der Waals surface area (Å²) in [6.07, 6.45) is 0. The molecule has 0 aliphatic heterocycles. The van der Waals surface area contributed by atoms with E-state index in [-0.39, 0.29) is 22.4 Å². The number of anilines is 1. The van der Waals surface area contributed by atoms with Gasteiger partial charge in [-0.05, 0) is 30.0 Å². The number of rotatable bonds is 2. The summed E-state index contributed by atoms with van der Waals surface area (Å²) in [7, 11) is 1.58. The number of aromatic hydroxyl groups is 1. The molecule has 6 heteroatoms. The number of alkyl halides is 3. The first-order chi connectivity index (χ1) is 6.42.